The lowest BCUT2D eigenvalue weighted by Crippen LogP contribution is -2.67. The first kappa shape index (κ1) is 23.8. The number of carbonyl (C=O) groups is 1. The molecule has 1 amide bonds. The van der Waals surface area contributed by atoms with Crippen LogP contribution in [0, 0.1) is 12.8 Å². The lowest BCUT2D eigenvalue weighted by atomic mass is 9.64. The molecule has 3 aromatic rings. The van der Waals surface area contributed by atoms with Gasteiger partial charge < -0.3 is 14.6 Å². The number of nitrogens with zero attached hydrogens (tertiary/aromatic N) is 5. The maximum Gasteiger partial charge on any atom is 0.417 e. The smallest absolute Gasteiger partial charge is 0.417 e. The summed E-state index contributed by atoms with van der Waals surface area (Å²) < 4.78 is 45.8. The van der Waals surface area contributed by atoms with E-state index in [2.05, 4.69) is 27.5 Å². The fourth-order valence-corrected chi connectivity index (χ4v) is 5.01. The Hall–Kier alpha value is -3.37. The molecule has 3 aliphatic rings. The van der Waals surface area contributed by atoms with Gasteiger partial charge in [0.1, 0.15) is 5.54 Å². The summed E-state index contributed by atoms with van der Waals surface area (Å²) in [6.45, 7) is 3.99. The van der Waals surface area contributed by atoms with Crippen molar-refractivity contribution in [3.63, 3.8) is 0 Å². The number of hydrogen-bond acceptors (Lipinski definition) is 6. The van der Waals surface area contributed by atoms with Crippen molar-refractivity contribution in [3.05, 3.63) is 47.8 Å². The first-order chi connectivity index (χ1) is 16.1. The maximum atomic E-state index is 12.9. The summed E-state index contributed by atoms with van der Waals surface area (Å²) in [6, 6.07) is 5.84. The van der Waals surface area contributed by atoms with E-state index >= 15 is 0 Å². The van der Waals surface area contributed by atoms with Gasteiger partial charge in [-0.2, -0.15) is 18.3 Å². The normalized spacial score (nSPS) is 23.6. The summed E-state index contributed by atoms with van der Waals surface area (Å²) in [5, 5.41) is 14.8. The van der Waals surface area contributed by atoms with Crippen LogP contribution in [0.1, 0.15) is 43.5 Å². The van der Waals surface area contributed by atoms with Crippen LogP contribution in [0.3, 0.4) is 0 Å². The van der Waals surface area contributed by atoms with Crippen LogP contribution in [0.15, 0.2) is 34.9 Å². The van der Waals surface area contributed by atoms with Gasteiger partial charge in [-0.25, -0.2) is 0 Å². The molecular weight excluding hydrogens is 449 g/mol. The van der Waals surface area contributed by atoms with E-state index in [4.69, 9.17) is 4.42 Å². The number of amides is 1. The number of anilines is 1. The molecule has 34 heavy (non-hydrogen) atoms. The Morgan fingerprint density at radius 2 is 2.00 bits per heavy atom. The number of aryl methyl sites for hydroxylation is 2. The lowest BCUT2D eigenvalue weighted by Gasteiger charge is -2.60. The van der Waals surface area contributed by atoms with Gasteiger partial charge in [-0.15, -0.1) is 10.2 Å². The zero-order valence-corrected chi connectivity index (χ0v) is 19.4. The van der Waals surface area contributed by atoms with E-state index in [0.717, 1.165) is 31.7 Å². The molecule has 0 radical (unpaired) electrons. The van der Waals surface area contributed by atoms with Crippen molar-refractivity contribution in [3.8, 4) is 11.3 Å². The molecule has 6 rings (SSSR count). The second-order valence-corrected chi connectivity index (χ2v) is 8.96. The van der Waals surface area contributed by atoms with E-state index in [9.17, 15) is 18.0 Å². The molecule has 2 aliphatic heterocycles. The standard InChI is InChI=1S/C12H12F3N3.C11H15N3O2/c1-16-8-3-4-10(12(13,14)15)9(7-8)11-5-6-18(2)17-11;1-7-3-9-5-11(4-7,14(9)6-15)10-13-12-8(2)16-10/h3-7,16H,1-2H3;6-7,9H,3-5H2,1-2H3. The summed E-state index contributed by atoms with van der Waals surface area (Å²) in [6.07, 6.45) is 1.15. The van der Waals surface area contributed by atoms with Gasteiger partial charge in [0.2, 0.25) is 18.2 Å². The number of carbonyl (C=O) groups excluding carboxylic acids is 1. The van der Waals surface area contributed by atoms with Crippen molar-refractivity contribution < 1.29 is 22.4 Å². The molecule has 1 N–H and O–H groups in total. The van der Waals surface area contributed by atoms with Crippen LogP contribution in [0.2, 0.25) is 0 Å². The third kappa shape index (κ3) is 4.26. The van der Waals surface area contributed by atoms with Crippen LogP contribution in [0.5, 0.6) is 0 Å². The van der Waals surface area contributed by atoms with E-state index in [0.29, 0.717) is 35.1 Å². The molecule has 3 fully saturated rings. The van der Waals surface area contributed by atoms with E-state index in [1.165, 1.54) is 16.8 Å². The van der Waals surface area contributed by atoms with Crippen LogP contribution >= 0.6 is 0 Å². The molecule has 3 atom stereocenters. The quantitative estimate of drug-likeness (QED) is 0.562. The summed E-state index contributed by atoms with van der Waals surface area (Å²) in [7, 11) is 3.32. The van der Waals surface area contributed by atoms with Crippen molar-refractivity contribution >= 4 is 12.1 Å². The van der Waals surface area contributed by atoms with E-state index in [1.54, 1.807) is 33.3 Å². The highest BCUT2D eigenvalue weighted by Crippen LogP contribution is 2.54. The predicted octanol–water partition coefficient (Wildman–Crippen LogP) is 4.38. The maximum absolute atomic E-state index is 12.9. The highest BCUT2D eigenvalue weighted by atomic mass is 19.4. The van der Waals surface area contributed by atoms with E-state index in [1.807, 2.05) is 4.90 Å². The number of halogens is 3. The molecule has 1 aliphatic carbocycles. The van der Waals surface area contributed by atoms with Crippen molar-refractivity contribution in [2.24, 2.45) is 13.0 Å². The van der Waals surface area contributed by atoms with Crippen molar-refractivity contribution in [2.45, 2.75) is 50.9 Å². The van der Waals surface area contributed by atoms with Gasteiger partial charge in [0.25, 0.3) is 0 Å². The molecule has 0 spiro atoms. The Labute approximate surface area is 195 Å². The highest BCUT2D eigenvalue weighted by Gasteiger charge is 2.59. The number of rotatable bonds is 4. The van der Waals surface area contributed by atoms with Gasteiger partial charge in [-0.1, -0.05) is 6.92 Å². The Kier molecular flexibility index (Phi) is 6.13. The second kappa shape index (κ2) is 8.77. The first-order valence-electron chi connectivity index (χ1n) is 11.0. The second-order valence-electron chi connectivity index (χ2n) is 8.96. The Morgan fingerprint density at radius 1 is 1.24 bits per heavy atom. The third-order valence-electron chi connectivity index (χ3n) is 6.46. The average Bonchev–Trinajstić information content (AvgIpc) is 3.41. The van der Waals surface area contributed by atoms with Gasteiger partial charge in [-0.3, -0.25) is 9.48 Å². The third-order valence-corrected chi connectivity index (χ3v) is 6.46. The minimum Gasteiger partial charge on any atom is -0.423 e. The number of aromatic nitrogens is 4. The largest absolute Gasteiger partial charge is 0.423 e. The molecule has 3 unspecified atom stereocenters. The molecule has 11 heteroatoms. The van der Waals surface area contributed by atoms with Crippen LogP contribution in [0.4, 0.5) is 18.9 Å². The monoisotopic (exact) mass is 476 g/mol. The summed E-state index contributed by atoms with van der Waals surface area (Å²) >= 11 is 0. The number of benzene rings is 1. The zero-order valence-electron chi connectivity index (χ0n) is 19.4. The number of alkyl halides is 3. The van der Waals surface area contributed by atoms with E-state index in [-0.39, 0.29) is 11.1 Å². The SMILES string of the molecule is CNc1ccc(C(F)(F)F)c(-c2ccn(C)n2)c1.Cc1nnc(C23CC(C)CC(C2)N3C=O)o1. The fraction of sp³-hybridized carbons (Fsp3) is 0.478. The molecule has 1 aromatic carbocycles. The Balaban J connectivity index is 0.000000162. The van der Waals surface area contributed by atoms with Crippen molar-refractivity contribution in [1.29, 1.82) is 0 Å². The van der Waals surface area contributed by atoms with Crippen LogP contribution < -0.4 is 5.32 Å². The Bertz CT molecular complexity index is 1170. The minimum atomic E-state index is -4.39. The van der Waals surface area contributed by atoms with Crippen molar-refractivity contribution in [2.75, 3.05) is 12.4 Å². The topological polar surface area (TPSA) is 89.1 Å². The predicted molar refractivity (Wildman–Crippen MR) is 119 cm³/mol. The van der Waals surface area contributed by atoms with Gasteiger partial charge >= 0.3 is 6.18 Å². The Morgan fingerprint density at radius 3 is 2.56 bits per heavy atom. The molecular formula is C23H27F3N6O2. The lowest BCUT2D eigenvalue weighted by molar-refractivity contribution is -0.166. The first-order valence-corrected chi connectivity index (χ1v) is 11.0. The average molecular weight is 477 g/mol. The molecule has 2 saturated heterocycles. The number of fused-ring (bicyclic) bond motifs is 2. The van der Waals surface area contributed by atoms with Crippen molar-refractivity contribution in [1.82, 2.24) is 24.9 Å². The molecule has 2 bridgehead atoms. The summed E-state index contributed by atoms with van der Waals surface area (Å²) in [5.41, 5.74) is 0.0199. The molecule has 1 saturated carbocycles. The minimum absolute atomic E-state index is 0.0787. The van der Waals surface area contributed by atoms with Crippen LogP contribution in [-0.4, -0.2) is 44.4 Å². The summed E-state index contributed by atoms with van der Waals surface area (Å²) in [4.78, 5) is 13.0. The highest BCUT2D eigenvalue weighted by molar-refractivity contribution is 5.69. The van der Waals surface area contributed by atoms with E-state index < -0.39 is 11.7 Å². The van der Waals surface area contributed by atoms with Crippen LogP contribution in [-0.2, 0) is 23.6 Å². The number of hydrogen-bond donors (Lipinski definition) is 1. The number of nitrogens with one attached hydrogen (secondary N) is 1. The van der Waals surface area contributed by atoms with Gasteiger partial charge in [0.05, 0.1) is 11.3 Å². The van der Waals surface area contributed by atoms with Crippen LogP contribution in [0.25, 0.3) is 11.3 Å². The summed E-state index contributed by atoms with van der Waals surface area (Å²) in [5.74, 6) is 1.79. The molecule has 182 valence electrons. The number of piperidine rings is 1. The molecule has 2 aromatic heterocycles. The van der Waals surface area contributed by atoms with Gasteiger partial charge in [0.15, 0.2) is 0 Å². The zero-order chi connectivity index (χ0) is 24.7. The fourth-order valence-electron chi connectivity index (χ4n) is 5.01. The molecule has 4 heterocycles. The van der Waals surface area contributed by atoms with Gasteiger partial charge in [0, 0.05) is 50.9 Å². The van der Waals surface area contributed by atoms with Gasteiger partial charge in [-0.05, 0) is 43.0 Å². The molecule has 8 nitrogen and oxygen atoms in total.